The van der Waals surface area contributed by atoms with Gasteiger partial charge in [-0.15, -0.1) is 0 Å². The summed E-state index contributed by atoms with van der Waals surface area (Å²) in [6.07, 6.45) is 0. The van der Waals surface area contributed by atoms with E-state index < -0.39 is 5.97 Å². The zero-order valence-corrected chi connectivity index (χ0v) is 11.7. The maximum absolute atomic E-state index is 11.5. The molecule has 0 unspecified atom stereocenters. The predicted molar refractivity (Wildman–Crippen MR) is 82.0 cm³/mol. The Balaban J connectivity index is 1.95. The van der Waals surface area contributed by atoms with E-state index in [1.54, 1.807) is 24.3 Å². The summed E-state index contributed by atoms with van der Waals surface area (Å²) in [4.78, 5) is 11.5. The summed E-state index contributed by atoms with van der Waals surface area (Å²) in [7, 11) is 0. The number of anilines is 1. The van der Waals surface area contributed by atoms with Gasteiger partial charge in [-0.25, -0.2) is 4.79 Å². The molecule has 0 aliphatic heterocycles. The minimum absolute atomic E-state index is 0.185. The van der Waals surface area contributed by atoms with Gasteiger partial charge in [0, 0.05) is 5.39 Å². The van der Waals surface area contributed by atoms with Gasteiger partial charge in [-0.05, 0) is 18.2 Å². The molecule has 0 aliphatic rings. The van der Waals surface area contributed by atoms with Crippen LogP contribution >= 0.6 is 11.6 Å². The Morgan fingerprint density at radius 3 is 2.62 bits per heavy atom. The van der Waals surface area contributed by atoms with Gasteiger partial charge >= 0.3 is 5.97 Å². The molecule has 1 heterocycles. The highest BCUT2D eigenvalue weighted by molar-refractivity contribution is 6.33. The number of hydrogen-bond acceptors (Lipinski definition) is 3. The van der Waals surface area contributed by atoms with Crippen molar-refractivity contribution < 1.29 is 14.3 Å². The summed E-state index contributed by atoms with van der Waals surface area (Å²) < 4.78 is 5.64. The van der Waals surface area contributed by atoms with Gasteiger partial charge in [0.25, 0.3) is 0 Å². The van der Waals surface area contributed by atoms with Gasteiger partial charge in [0.2, 0.25) is 0 Å². The van der Waals surface area contributed by atoms with E-state index in [1.807, 2.05) is 24.3 Å². The minimum Gasteiger partial charge on any atom is -0.478 e. The Labute approximate surface area is 126 Å². The third-order valence-electron chi connectivity index (χ3n) is 3.20. The largest absolute Gasteiger partial charge is 0.478 e. The number of para-hydroxylation sites is 2. The standard InChI is InChI=1S/C16H12ClNO3/c17-11-6-2-3-7-12(11)18-9-14-15(16(19)20)10-5-1-4-8-13(10)21-14/h1-8,18H,9H2,(H,19,20). The molecule has 0 fully saturated rings. The van der Waals surface area contributed by atoms with Crippen LogP contribution < -0.4 is 5.32 Å². The number of nitrogens with one attached hydrogen (secondary N) is 1. The van der Waals surface area contributed by atoms with E-state index in [1.165, 1.54) is 0 Å². The molecule has 2 aromatic carbocycles. The Bertz CT molecular complexity index is 810. The second kappa shape index (κ2) is 5.50. The number of fused-ring (bicyclic) bond motifs is 1. The number of benzene rings is 2. The molecule has 3 rings (SSSR count). The molecule has 4 nitrogen and oxygen atoms in total. The number of carbonyl (C=O) groups is 1. The number of halogens is 1. The molecule has 0 aliphatic carbocycles. The topological polar surface area (TPSA) is 62.5 Å². The summed E-state index contributed by atoms with van der Waals surface area (Å²) >= 11 is 6.06. The van der Waals surface area contributed by atoms with Crippen molar-refractivity contribution in [1.82, 2.24) is 0 Å². The summed E-state index contributed by atoms with van der Waals surface area (Å²) in [5, 5.41) is 13.7. The number of hydrogen-bond donors (Lipinski definition) is 2. The number of carboxylic acids is 1. The van der Waals surface area contributed by atoms with Crippen LogP contribution in [0.3, 0.4) is 0 Å². The quantitative estimate of drug-likeness (QED) is 0.750. The van der Waals surface area contributed by atoms with Crippen LogP contribution in [0.4, 0.5) is 5.69 Å². The minimum atomic E-state index is -1.00. The molecule has 0 atom stereocenters. The molecule has 2 N–H and O–H groups in total. The van der Waals surface area contributed by atoms with Gasteiger partial charge < -0.3 is 14.8 Å². The average molecular weight is 302 g/mol. The van der Waals surface area contributed by atoms with E-state index >= 15 is 0 Å². The van der Waals surface area contributed by atoms with Crippen LogP contribution in [0.2, 0.25) is 5.02 Å². The SMILES string of the molecule is O=C(O)c1c(CNc2ccccc2Cl)oc2ccccc12. The van der Waals surface area contributed by atoms with Crippen LogP contribution in [0, 0.1) is 0 Å². The van der Waals surface area contributed by atoms with Crippen molar-refractivity contribution in [2.45, 2.75) is 6.54 Å². The van der Waals surface area contributed by atoms with Crippen LogP contribution in [0.1, 0.15) is 16.1 Å². The monoisotopic (exact) mass is 301 g/mol. The van der Waals surface area contributed by atoms with Crippen LogP contribution in [-0.2, 0) is 6.54 Å². The lowest BCUT2D eigenvalue weighted by molar-refractivity contribution is 0.0696. The van der Waals surface area contributed by atoms with E-state index in [9.17, 15) is 9.90 Å². The Kier molecular flexibility index (Phi) is 3.54. The Hall–Kier alpha value is -2.46. The Morgan fingerprint density at radius 1 is 1.14 bits per heavy atom. The molecule has 3 aromatic rings. The maximum atomic E-state index is 11.5. The van der Waals surface area contributed by atoms with E-state index in [0.717, 1.165) is 5.69 Å². The smallest absolute Gasteiger partial charge is 0.339 e. The fourth-order valence-electron chi connectivity index (χ4n) is 2.24. The van der Waals surface area contributed by atoms with Gasteiger partial charge in [-0.1, -0.05) is 41.9 Å². The van der Waals surface area contributed by atoms with Gasteiger partial charge in [0.05, 0.1) is 17.3 Å². The van der Waals surface area contributed by atoms with Crippen molar-refractivity contribution in [3.63, 3.8) is 0 Å². The van der Waals surface area contributed by atoms with Crippen LogP contribution in [0.25, 0.3) is 11.0 Å². The highest BCUT2D eigenvalue weighted by Crippen LogP contribution is 2.27. The van der Waals surface area contributed by atoms with E-state index in [4.69, 9.17) is 16.0 Å². The summed E-state index contributed by atoms with van der Waals surface area (Å²) in [5.41, 5.74) is 1.48. The van der Waals surface area contributed by atoms with Crippen molar-refractivity contribution >= 4 is 34.2 Å². The van der Waals surface area contributed by atoms with E-state index in [-0.39, 0.29) is 12.1 Å². The summed E-state index contributed by atoms with van der Waals surface area (Å²) in [5.74, 6) is -0.625. The van der Waals surface area contributed by atoms with E-state index in [2.05, 4.69) is 5.32 Å². The lowest BCUT2D eigenvalue weighted by Crippen LogP contribution is -2.05. The molecule has 0 amide bonds. The molecular weight excluding hydrogens is 290 g/mol. The van der Waals surface area contributed by atoms with E-state index in [0.29, 0.717) is 21.8 Å². The fourth-order valence-corrected chi connectivity index (χ4v) is 2.44. The van der Waals surface area contributed by atoms with Crippen LogP contribution in [0.15, 0.2) is 52.9 Å². The van der Waals surface area contributed by atoms with Crippen molar-refractivity contribution in [2.24, 2.45) is 0 Å². The first-order valence-electron chi connectivity index (χ1n) is 6.39. The number of rotatable bonds is 4. The average Bonchev–Trinajstić information content (AvgIpc) is 2.85. The third-order valence-corrected chi connectivity index (χ3v) is 3.53. The summed E-state index contributed by atoms with van der Waals surface area (Å²) in [6.45, 7) is 0.250. The summed E-state index contributed by atoms with van der Waals surface area (Å²) in [6, 6.07) is 14.4. The van der Waals surface area contributed by atoms with Gasteiger partial charge in [-0.3, -0.25) is 0 Å². The predicted octanol–water partition coefficient (Wildman–Crippen LogP) is 4.40. The van der Waals surface area contributed by atoms with Crippen LogP contribution in [-0.4, -0.2) is 11.1 Å². The lowest BCUT2D eigenvalue weighted by Gasteiger charge is -2.06. The third kappa shape index (κ3) is 2.58. The second-order valence-corrected chi connectivity index (χ2v) is 4.94. The van der Waals surface area contributed by atoms with Gasteiger partial charge in [-0.2, -0.15) is 0 Å². The number of aromatic carboxylic acids is 1. The molecule has 0 spiro atoms. The first-order valence-corrected chi connectivity index (χ1v) is 6.76. The molecule has 106 valence electrons. The first-order chi connectivity index (χ1) is 10.2. The lowest BCUT2D eigenvalue weighted by atomic mass is 10.1. The molecule has 0 saturated carbocycles. The molecule has 1 aromatic heterocycles. The maximum Gasteiger partial charge on any atom is 0.339 e. The highest BCUT2D eigenvalue weighted by atomic mass is 35.5. The van der Waals surface area contributed by atoms with Crippen molar-refractivity contribution in [3.8, 4) is 0 Å². The molecule has 5 heteroatoms. The number of carboxylic acid groups (broad SMARTS) is 1. The van der Waals surface area contributed by atoms with Crippen molar-refractivity contribution in [3.05, 3.63) is 64.9 Å². The fraction of sp³-hybridized carbons (Fsp3) is 0.0625. The van der Waals surface area contributed by atoms with Gasteiger partial charge in [0.1, 0.15) is 16.9 Å². The molecule has 0 radical (unpaired) electrons. The zero-order valence-electron chi connectivity index (χ0n) is 11.0. The highest BCUT2D eigenvalue weighted by Gasteiger charge is 2.19. The normalized spacial score (nSPS) is 10.7. The molecule has 0 bridgehead atoms. The van der Waals surface area contributed by atoms with Crippen LogP contribution in [0.5, 0.6) is 0 Å². The molecule has 21 heavy (non-hydrogen) atoms. The first kappa shape index (κ1) is 13.5. The Morgan fingerprint density at radius 2 is 1.86 bits per heavy atom. The second-order valence-electron chi connectivity index (χ2n) is 4.53. The van der Waals surface area contributed by atoms with Crippen molar-refractivity contribution in [2.75, 3.05) is 5.32 Å². The number of furan rings is 1. The van der Waals surface area contributed by atoms with Crippen molar-refractivity contribution in [1.29, 1.82) is 0 Å². The van der Waals surface area contributed by atoms with Gasteiger partial charge in [0.15, 0.2) is 0 Å². The zero-order chi connectivity index (χ0) is 14.8. The molecule has 0 saturated heterocycles. The molecular formula is C16H12ClNO3.